The largest absolute Gasteiger partial charge is 0.489 e. The van der Waals surface area contributed by atoms with Crippen molar-refractivity contribution in [2.45, 2.75) is 26.9 Å². The maximum Gasteiger partial charge on any atom is 0.137 e. The highest BCUT2D eigenvalue weighted by Crippen LogP contribution is 2.19. The zero-order chi connectivity index (χ0) is 14.7. The molecular weight excluding hydrogens is 242 g/mol. The Morgan fingerprint density at radius 3 is 2.42 bits per heavy atom. The number of methoxy groups -OCH3 is 2. The van der Waals surface area contributed by atoms with Crippen molar-refractivity contribution in [3.63, 3.8) is 0 Å². The van der Waals surface area contributed by atoms with E-state index in [1.54, 1.807) is 26.4 Å². The van der Waals surface area contributed by atoms with Crippen LogP contribution < -0.4 is 4.74 Å². The Morgan fingerprint density at radius 1 is 1.21 bits per heavy atom. The number of nitriles is 1. The number of hydrogen-bond donors (Lipinski definition) is 0. The Morgan fingerprint density at radius 2 is 1.89 bits per heavy atom. The zero-order valence-electron chi connectivity index (χ0n) is 12.4. The number of aryl methyl sites for hydroxylation is 1. The van der Waals surface area contributed by atoms with Crippen LogP contribution in [0.3, 0.4) is 0 Å². The smallest absolute Gasteiger partial charge is 0.137 e. The second-order valence-electron chi connectivity index (χ2n) is 3.74. The van der Waals surface area contributed by atoms with Gasteiger partial charge in [0.25, 0.3) is 0 Å². The zero-order valence-corrected chi connectivity index (χ0v) is 12.4. The van der Waals surface area contributed by atoms with Crippen molar-refractivity contribution < 1.29 is 14.2 Å². The van der Waals surface area contributed by atoms with Crippen LogP contribution in [0, 0.1) is 18.3 Å². The molecule has 106 valence electrons. The van der Waals surface area contributed by atoms with Crippen LogP contribution in [-0.2, 0) is 9.47 Å². The maximum absolute atomic E-state index is 8.98. The van der Waals surface area contributed by atoms with Gasteiger partial charge in [-0.15, -0.1) is 0 Å². The number of ether oxygens (including phenoxy) is 3. The minimum atomic E-state index is -0.132. The molecule has 0 fully saturated rings. The van der Waals surface area contributed by atoms with E-state index in [9.17, 15) is 0 Å². The molecule has 1 unspecified atom stereocenters. The predicted octanol–water partition coefficient (Wildman–Crippen LogP) is 2.93. The second kappa shape index (κ2) is 10.4. The van der Waals surface area contributed by atoms with E-state index in [1.807, 2.05) is 26.8 Å². The van der Waals surface area contributed by atoms with E-state index in [1.165, 1.54) is 0 Å². The molecule has 0 radical (unpaired) electrons. The molecule has 1 rings (SSSR count). The van der Waals surface area contributed by atoms with Gasteiger partial charge in [-0.2, -0.15) is 5.26 Å². The predicted molar refractivity (Wildman–Crippen MR) is 75.4 cm³/mol. The summed E-state index contributed by atoms with van der Waals surface area (Å²) < 4.78 is 15.7. The summed E-state index contributed by atoms with van der Waals surface area (Å²) >= 11 is 0. The summed E-state index contributed by atoms with van der Waals surface area (Å²) in [5.41, 5.74) is 1.58. The monoisotopic (exact) mass is 265 g/mol. The van der Waals surface area contributed by atoms with Crippen LogP contribution in [0.4, 0.5) is 0 Å². The van der Waals surface area contributed by atoms with Crippen molar-refractivity contribution >= 4 is 0 Å². The first kappa shape index (κ1) is 17.4. The van der Waals surface area contributed by atoms with Crippen LogP contribution in [0.1, 0.15) is 25.0 Å². The summed E-state index contributed by atoms with van der Waals surface area (Å²) in [6.07, 6.45) is -0.132. The van der Waals surface area contributed by atoms with E-state index < -0.39 is 0 Å². The van der Waals surface area contributed by atoms with Crippen molar-refractivity contribution in [2.75, 3.05) is 27.4 Å². The fourth-order valence-electron chi connectivity index (χ4n) is 1.41. The molecule has 1 aromatic carbocycles. The summed E-state index contributed by atoms with van der Waals surface area (Å²) in [6, 6.07) is 7.62. The fourth-order valence-corrected chi connectivity index (χ4v) is 1.41. The second-order valence-corrected chi connectivity index (χ2v) is 3.74. The van der Waals surface area contributed by atoms with Gasteiger partial charge in [0, 0.05) is 14.2 Å². The van der Waals surface area contributed by atoms with Gasteiger partial charge in [0.05, 0.1) is 12.2 Å². The average Bonchev–Trinajstić information content (AvgIpc) is 2.46. The third kappa shape index (κ3) is 6.23. The third-order valence-electron chi connectivity index (χ3n) is 2.37. The Kier molecular flexibility index (Phi) is 9.51. The summed E-state index contributed by atoms with van der Waals surface area (Å²) in [6.45, 7) is 6.76. The molecule has 0 aliphatic heterocycles. The normalized spacial score (nSPS) is 10.9. The van der Waals surface area contributed by atoms with E-state index in [2.05, 4.69) is 6.07 Å². The molecule has 0 heterocycles. The third-order valence-corrected chi connectivity index (χ3v) is 2.37. The van der Waals surface area contributed by atoms with Crippen LogP contribution >= 0.6 is 0 Å². The van der Waals surface area contributed by atoms with Gasteiger partial charge in [-0.05, 0) is 24.6 Å². The molecular formula is C15H23NO3. The van der Waals surface area contributed by atoms with Gasteiger partial charge in [-0.1, -0.05) is 19.9 Å². The van der Waals surface area contributed by atoms with E-state index in [-0.39, 0.29) is 6.10 Å². The molecule has 19 heavy (non-hydrogen) atoms. The summed E-state index contributed by atoms with van der Waals surface area (Å²) in [4.78, 5) is 0. The first-order valence-corrected chi connectivity index (χ1v) is 6.36. The summed E-state index contributed by atoms with van der Waals surface area (Å²) in [5, 5.41) is 8.98. The molecule has 0 bridgehead atoms. The molecule has 1 atom stereocenters. The van der Waals surface area contributed by atoms with Gasteiger partial charge >= 0.3 is 0 Å². The Bertz CT molecular complexity index is 399. The molecule has 0 amide bonds. The first-order chi connectivity index (χ1) is 9.21. The van der Waals surface area contributed by atoms with Gasteiger partial charge in [-0.3, -0.25) is 0 Å². The highest BCUT2D eigenvalue weighted by molar-refractivity contribution is 5.45. The first-order valence-electron chi connectivity index (χ1n) is 6.36. The lowest BCUT2D eigenvalue weighted by atomic mass is 10.1. The number of benzene rings is 1. The Hall–Kier alpha value is -1.57. The van der Waals surface area contributed by atoms with Gasteiger partial charge in [0.2, 0.25) is 0 Å². The average molecular weight is 265 g/mol. The van der Waals surface area contributed by atoms with E-state index in [0.717, 1.165) is 5.56 Å². The van der Waals surface area contributed by atoms with Crippen LogP contribution in [0.5, 0.6) is 5.75 Å². The molecule has 0 spiro atoms. The SMILES string of the molecule is CC.COCC(COc1ccc(C)cc1C#N)OC. The van der Waals surface area contributed by atoms with Crippen LogP contribution in [-0.4, -0.2) is 33.5 Å². The molecule has 0 N–H and O–H groups in total. The molecule has 1 aromatic rings. The highest BCUT2D eigenvalue weighted by atomic mass is 16.5. The maximum atomic E-state index is 8.98. The lowest BCUT2D eigenvalue weighted by Gasteiger charge is -2.16. The van der Waals surface area contributed by atoms with Crippen LogP contribution in [0.2, 0.25) is 0 Å². The minimum absolute atomic E-state index is 0.132. The van der Waals surface area contributed by atoms with Crippen molar-refractivity contribution in [1.82, 2.24) is 0 Å². The van der Waals surface area contributed by atoms with Crippen molar-refractivity contribution in [2.24, 2.45) is 0 Å². The standard InChI is InChI=1S/C13H17NO3.C2H6/c1-10-4-5-13(11(6-10)7-14)17-9-12(16-3)8-15-2;1-2/h4-6,12H,8-9H2,1-3H3;1-2H3. The molecule has 4 nitrogen and oxygen atoms in total. The molecule has 0 aliphatic rings. The number of hydrogen-bond acceptors (Lipinski definition) is 4. The van der Waals surface area contributed by atoms with E-state index >= 15 is 0 Å². The lowest BCUT2D eigenvalue weighted by molar-refractivity contribution is 0.000820. The number of rotatable bonds is 6. The summed E-state index contributed by atoms with van der Waals surface area (Å²) in [7, 11) is 3.21. The van der Waals surface area contributed by atoms with Crippen molar-refractivity contribution in [1.29, 1.82) is 5.26 Å². The fraction of sp³-hybridized carbons (Fsp3) is 0.533. The van der Waals surface area contributed by atoms with Gasteiger partial charge in [0.15, 0.2) is 0 Å². The molecule has 0 saturated heterocycles. The van der Waals surface area contributed by atoms with E-state index in [0.29, 0.717) is 24.5 Å². The Balaban J connectivity index is 0.00000154. The Labute approximate surface area is 115 Å². The number of nitrogens with zero attached hydrogens (tertiary/aromatic N) is 1. The van der Waals surface area contributed by atoms with Crippen molar-refractivity contribution in [3.8, 4) is 11.8 Å². The van der Waals surface area contributed by atoms with Gasteiger partial charge in [-0.25, -0.2) is 0 Å². The minimum Gasteiger partial charge on any atom is -0.489 e. The van der Waals surface area contributed by atoms with Crippen LogP contribution in [0.25, 0.3) is 0 Å². The molecule has 0 aliphatic carbocycles. The highest BCUT2D eigenvalue weighted by Gasteiger charge is 2.10. The van der Waals surface area contributed by atoms with Crippen molar-refractivity contribution in [3.05, 3.63) is 29.3 Å². The molecule has 0 aromatic heterocycles. The van der Waals surface area contributed by atoms with Gasteiger partial charge in [0.1, 0.15) is 24.5 Å². The summed E-state index contributed by atoms with van der Waals surface area (Å²) in [5.74, 6) is 0.580. The topological polar surface area (TPSA) is 51.5 Å². The van der Waals surface area contributed by atoms with Gasteiger partial charge < -0.3 is 14.2 Å². The van der Waals surface area contributed by atoms with E-state index in [4.69, 9.17) is 19.5 Å². The quantitative estimate of drug-likeness (QED) is 0.793. The van der Waals surface area contributed by atoms with Crippen LogP contribution in [0.15, 0.2) is 18.2 Å². The lowest BCUT2D eigenvalue weighted by Crippen LogP contribution is -2.25. The molecule has 0 saturated carbocycles. The molecule has 4 heteroatoms.